The van der Waals surface area contributed by atoms with Gasteiger partial charge in [-0.1, -0.05) is 0 Å². The van der Waals surface area contributed by atoms with E-state index in [9.17, 15) is 4.79 Å². The van der Waals surface area contributed by atoms with Crippen LogP contribution in [0.3, 0.4) is 0 Å². The highest BCUT2D eigenvalue weighted by Crippen LogP contribution is 2.36. The molecule has 2 aliphatic rings. The highest BCUT2D eigenvalue weighted by atomic mass is 32.1. The minimum atomic E-state index is -0.709. The number of fused-ring (bicyclic) bond motifs is 1. The lowest BCUT2D eigenvalue weighted by atomic mass is 9.97. The van der Waals surface area contributed by atoms with Gasteiger partial charge in [-0.25, -0.2) is 0 Å². The van der Waals surface area contributed by atoms with Crippen molar-refractivity contribution in [1.29, 1.82) is 0 Å². The third-order valence-corrected chi connectivity index (χ3v) is 5.15. The van der Waals surface area contributed by atoms with E-state index in [1.807, 2.05) is 11.3 Å². The quantitative estimate of drug-likeness (QED) is 0.849. The zero-order valence-electron chi connectivity index (χ0n) is 9.74. The molecule has 1 saturated heterocycles. The van der Waals surface area contributed by atoms with Gasteiger partial charge in [-0.15, -0.1) is 11.3 Å². The van der Waals surface area contributed by atoms with Crippen LogP contribution in [-0.4, -0.2) is 17.1 Å². The number of hydrogen-bond donors (Lipinski definition) is 2. The first-order valence-electron chi connectivity index (χ1n) is 6.34. The molecule has 3 nitrogen and oxygen atoms in total. The van der Waals surface area contributed by atoms with Crippen molar-refractivity contribution in [3.8, 4) is 0 Å². The second-order valence-corrected chi connectivity index (χ2v) is 6.16. The second kappa shape index (κ2) is 4.42. The summed E-state index contributed by atoms with van der Waals surface area (Å²) in [6.45, 7) is 0. The van der Waals surface area contributed by atoms with Crippen molar-refractivity contribution in [1.82, 2.24) is 5.32 Å². The van der Waals surface area contributed by atoms with Crippen molar-refractivity contribution in [2.45, 2.75) is 50.6 Å². The van der Waals surface area contributed by atoms with Gasteiger partial charge in [0.25, 0.3) is 0 Å². The molecule has 0 amide bonds. The third kappa shape index (κ3) is 2.11. The molecular weight excluding hydrogens is 234 g/mol. The van der Waals surface area contributed by atoms with Crippen LogP contribution in [0.1, 0.15) is 47.0 Å². The van der Waals surface area contributed by atoms with Crippen molar-refractivity contribution in [2.75, 3.05) is 0 Å². The molecule has 1 fully saturated rings. The lowest BCUT2D eigenvalue weighted by Gasteiger charge is -2.27. The fraction of sp³-hybridized carbons (Fsp3) is 0.615. The van der Waals surface area contributed by atoms with Crippen LogP contribution in [0.25, 0.3) is 0 Å². The summed E-state index contributed by atoms with van der Waals surface area (Å²) in [5.41, 5.74) is 1.50. The standard InChI is InChI=1S/C13H17NO2S/c15-13(16)10-5-2-4-9(14-10)12-7-8-3-1-6-11(8)17-12/h7,9-10,14H,1-6H2,(H,15,16). The van der Waals surface area contributed by atoms with E-state index in [0.717, 1.165) is 19.3 Å². The van der Waals surface area contributed by atoms with Gasteiger partial charge in [-0.05, 0) is 50.2 Å². The fourth-order valence-electron chi connectivity index (χ4n) is 2.88. The van der Waals surface area contributed by atoms with Gasteiger partial charge < -0.3 is 5.11 Å². The Bertz CT molecular complexity index is 419. The molecular formula is C13H17NO2S. The third-order valence-electron chi connectivity index (χ3n) is 3.80. The maximum atomic E-state index is 11.0. The molecule has 2 heterocycles. The molecule has 17 heavy (non-hydrogen) atoms. The molecule has 0 saturated carbocycles. The van der Waals surface area contributed by atoms with E-state index in [-0.39, 0.29) is 12.1 Å². The van der Waals surface area contributed by atoms with Crippen LogP contribution in [0.5, 0.6) is 0 Å². The van der Waals surface area contributed by atoms with E-state index in [2.05, 4.69) is 11.4 Å². The van der Waals surface area contributed by atoms with E-state index < -0.39 is 5.97 Å². The number of rotatable bonds is 2. The highest BCUT2D eigenvalue weighted by molar-refractivity contribution is 7.12. The van der Waals surface area contributed by atoms with Crippen LogP contribution in [0, 0.1) is 0 Å². The first-order valence-corrected chi connectivity index (χ1v) is 7.16. The number of carboxylic acids is 1. The average Bonchev–Trinajstić information content (AvgIpc) is 2.89. The van der Waals surface area contributed by atoms with Crippen LogP contribution >= 0.6 is 11.3 Å². The van der Waals surface area contributed by atoms with Crippen LogP contribution < -0.4 is 5.32 Å². The number of hydrogen-bond acceptors (Lipinski definition) is 3. The van der Waals surface area contributed by atoms with Gasteiger partial charge in [0.2, 0.25) is 0 Å². The van der Waals surface area contributed by atoms with Gasteiger partial charge in [0.15, 0.2) is 0 Å². The molecule has 0 spiro atoms. The smallest absolute Gasteiger partial charge is 0.320 e. The Labute approximate surface area is 105 Å². The van der Waals surface area contributed by atoms with Crippen molar-refractivity contribution in [3.63, 3.8) is 0 Å². The molecule has 1 aromatic heterocycles. The normalized spacial score (nSPS) is 28.0. The Balaban J connectivity index is 1.76. The summed E-state index contributed by atoms with van der Waals surface area (Å²) >= 11 is 1.89. The zero-order valence-corrected chi connectivity index (χ0v) is 10.6. The number of piperidine rings is 1. The van der Waals surface area contributed by atoms with E-state index >= 15 is 0 Å². The van der Waals surface area contributed by atoms with Gasteiger partial charge in [-0.3, -0.25) is 10.1 Å². The predicted molar refractivity (Wildman–Crippen MR) is 67.5 cm³/mol. The van der Waals surface area contributed by atoms with Gasteiger partial charge >= 0.3 is 5.97 Å². The predicted octanol–water partition coefficient (Wildman–Crippen LogP) is 2.50. The molecule has 1 aliphatic heterocycles. The van der Waals surface area contributed by atoms with Crippen LogP contribution in [0.4, 0.5) is 0 Å². The maximum Gasteiger partial charge on any atom is 0.320 e. The van der Waals surface area contributed by atoms with E-state index in [1.54, 1.807) is 0 Å². The Morgan fingerprint density at radius 3 is 3.00 bits per heavy atom. The first kappa shape index (κ1) is 11.2. The molecule has 3 rings (SSSR count). The molecule has 0 bridgehead atoms. The average molecular weight is 251 g/mol. The van der Waals surface area contributed by atoms with Crippen molar-refractivity contribution < 1.29 is 9.90 Å². The topological polar surface area (TPSA) is 49.3 Å². The zero-order chi connectivity index (χ0) is 11.8. The summed E-state index contributed by atoms with van der Waals surface area (Å²) in [7, 11) is 0. The van der Waals surface area contributed by atoms with Gasteiger partial charge in [-0.2, -0.15) is 0 Å². The van der Waals surface area contributed by atoms with Gasteiger partial charge in [0.05, 0.1) is 0 Å². The summed E-state index contributed by atoms with van der Waals surface area (Å²) in [5, 5.41) is 12.3. The Hall–Kier alpha value is -0.870. The Morgan fingerprint density at radius 2 is 2.24 bits per heavy atom. The van der Waals surface area contributed by atoms with Crippen molar-refractivity contribution in [2.24, 2.45) is 0 Å². The minimum absolute atomic E-state index is 0.264. The number of carbonyl (C=O) groups is 1. The van der Waals surface area contributed by atoms with E-state index in [0.29, 0.717) is 0 Å². The SMILES string of the molecule is O=C(O)C1CCCC(c2cc3c(s2)CCC3)N1. The summed E-state index contributed by atoms with van der Waals surface area (Å²) in [4.78, 5) is 13.9. The maximum absolute atomic E-state index is 11.0. The summed E-state index contributed by atoms with van der Waals surface area (Å²) in [6, 6.07) is 2.21. The summed E-state index contributed by atoms with van der Waals surface area (Å²) < 4.78 is 0. The lowest BCUT2D eigenvalue weighted by Crippen LogP contribution is -2.42. The lowest BCUT2D eigenvalue weighted by molar-refractivity contribution is -0.140. The number of aliphatic carboxylic acids is 1. The second-order valence-electron chi connectivity index (χ2n) is 4.99. The van der Waals surface area contributed by atoms with Crippen LogP contribution in [0.2, 0.25) is 0 Å². The molecule has 1 aromatic rings. The number of carboxylic acid groups (broad SMARTS) is 1. The monoisotopic (exact) mass is 251 g/mol. The van der Waals surface area contributed by atoms with Gasteiger partial charge in [0.1, 0.15) is 6.04 Å². The van der Waals surface area contributed by atoms with E-state index in [1.165, 1.54) is 34.6 Å². The fourth-order valence-corrected chi connectivity index (χ4v) is 4.23. The van der Waals surface area contributed by atoms with Crippen LogP contribution in [-0.2, 0) is 17.6 Å². The number of nitrogens with one attached hydrogen (secondary N) is 1. The first-order chi connectivity index (χ1) is 8.24. The van der Waals surface area contributed by atoms with Crippen molar-refractivity contribution in [3.05, 3.63) is 21.4 Å². The molecule has 1 aliphatic carbocycles. The molecule has 2 unspecified atom stereocenters. The summed E-state index contributed by atoms with van der Waals surface area (Å²) in [5.74, 6) is -0.709. The molecule has 92 valence electrons. The van der Waals surface area contributed by atoms with E-state index in [4.69, 9.17) is 5.11 Å². The Kier molecular flexibility index (Phi) is 2.92. The minimum Gasteiger partial charge on any atom is -0.480 e. The number of aryl methyl sites for hydroxylation is 2. The Morgan fingerprint density at radius 1 is 1.35 bits per heavy atom. The van der Waals surface area contributed by atoms with Crippen molar-refractivity contribution >= 4 is 17.3 Å². The van der Waals surface area contributed by atoms with Gasteiger partial charge in [0, 0.05) is 15.8 Å². The number of thiophene rings is 1. The molecule has 0 radical (unpaired) electrons. The molecule has 2 N–H and O–H groups in total. The van der Waals surface area contributed by atoms with Crippen LogP contribution in [0.15, 0.2) is 6.07 Å². The molecule has 4 heteroatoms. The highest BCUT2D eigenvalue weighted by Gasteiger charge is 2.28. The summed E-state index contributed by atoms with van der Waals surface area (Å²) in [6.07, 6.45) is 6.56. The molecule has 2 atom stereocenters. The largest absolute Gasteiger partial charge is 0.480 e. The molecule has 0 aromatic carbocycles.